The third kappa shape index (κ3) is 14.4. The summed E-state index contributed by atoms with van der Waals surface area (Å²) in [4.78, 5) is 0. The van der Waals surface area contributed by atoms with Crippen molar-refractivity contribution in [1.29, 1.82) is 0 Å². The van der Waals surface area contributed by atoms with E-state index in [1.54, 1.807) is 0 Å². The number of hydrogen-bond donors (Lipinski definition) is 0. The Kier molecular flexibility index (Phi) is 20.1. The first kappa shape index (κ1) is 85.3. The number of para-hydroxylation sites is 4. The molecule has 0 spiro atoms. The highest BCUT2D eigenvalue weighted by Gasteiger charge is 2.57. The van der Waals surface area contributed by atoms with Crippen LogP contribution >= 0.6 is 0 Å². The molecule has 20 heteroatoms. The highest BCUT2D eigenvalue weighted by molar-refractivity contribution is 6.70. The number of fused-ring (bicyclic) bond motifs is 20. The van der Waals surface area contributed by atoms with E-state index in [0.717, 1.165) is 175 Å². The average Bonchev–Trinajstić information content (AvgIpc) is 1.57. The molecule has 5 aromatic heterocycles. The second-order valence-electron chi connectivity index (χ2n) is 40.5. The summed E-state index contributed by atoms with van der Waals surface area (Å²) in [5, 5.41) is 22.8. The highest BCUT2D eigenvalue weighted by atomic mass is 16.7. The summed E-state index contributed by atoms with van der Waals surface area (Å²) in [6, 6.07) is 93.8. The van der Waals surface area contributed by atoms with E-state index >= 15 is 0 Å². The summed E-state index contributed by atoms with van der Waals surface area (Å²) in [5.74, 6) is 0. The van der Waals surface area contributed by atoms with Gasteiger partial charge in [-0.25, -0.2) is 0 Å². The number of furan rings is 5. The van der Waals surface area contributed by atoms with E-state index in [4.69, 9.17) is 68.6 Å². The highest BCUT2D eigenvalue weighted by Crippen LogP contribution is 2.46. The Labute approximate surface area is 757 Å². The fourth-order valence-corrected chi connectivity index (χ4v) is 18.5. The first-order chi connectivity index (χ1) is 61.8. The molecule has 0 aliphatic carbocycles. The number of rotatable bonds is 5. The van der Waals surface area contributed by atoms with Gasteiger partial charge in [0.1, 0.15) is 55.8 Å². The quantitative estimate of drug-likeness (QED) is 0.150. The summed E-state index contributed by atoms with van der Waals surface area (Å²) >= 11 is 0. The molecule has 0 atom stereocenters. The second-order valence-corrected chi connectivity index (χ2v) is 40.5. The van der Waals surface area contributed by atoms with Gasteiger partial charge in [-0.3, -0.25) is 0 Å². The van der Waals surface area contributed by atoms with E-state index in [1.165, 1.54) is 16.2 Å². The monoisotopic (exact) mass is 1720 g/mol. The lowest BCUT2D eigenvalue weighted by Gasteiger charge is -2.32. The fraction of sp³-hybridized carbons (Fsp3) is 0.273. The summed E-state index contributed by atoms with van der Waals surface area (Å²) in [5.41, 5.74) is 10.3. The van der Waals surface area contributed by atoms with E-state index in [9.17, 15) is 0 Å². The molecule has 5 aliphatic heterocycles. The van der Waals surface area contributed by atoms with Gasteiger partial charge in [0, 0.05) is 64.8 Å². The van der Waals surface area contributed by atoms with Crippen LogP contribution in [0.1, 0.15) is 138 Å². The van der Waals surface area contributed by atoms with Crippen LogP contribution in [0, 0.1) is 0 Å². The van der Waals surface area contributed by atoms with Crippen molar-refractivity contribution >= 4 is 226 Å². The molecule has 15 aromatic carbocycles. The standard InChI is InChI=1S/5C22H21BO3/c1-21(2)22(3,4)26-23(25-21)18-10-7-8-14-12-17-15-9-5-6-11-19(15)24-20(17)13-16(14)18;1-21(2)22(3,4)26-23(25-21)19-15-10-6-5-9-14(15)13-17-16-11-7-8-12-18(16)24-20(17)19;1-21(2)22(3,4)26-23(25-21)20-15-10-6-5-9-14(15)13-18-19(20)16-11-7-8-12-17(16)24-18;1-21(2)22(3,4)26-23(25-21)16-10-9-14-12-18-17-7-5-6-8-19(17)24-20(18)13-15(14)11-16;1-21(2)22(3,4)26-23(25-21)16-9-10-17-18-11-14-7-5-6-8-15(14)12-19(18)24-20(17)13-16/h5*5-13H,1-4H3. The molecule has 0 saturated carbocycles. The van der Waals surface area contributed by atoms with Crippen molar-refractivity contribution in [2.75, 3.05) is 0 Å². The normalized spacial score (nSPS) is 19.0. The van der Waals surface area contributed by atoms with Crippen LogP contribution < -0.4 is 27.3 Å². The summed E-state index contributed by atoms with van der Waals surface area (Å²) < 4.78 is 93.6. The van der Waals surface area contributed by atoms with Crippen LogP contribution in [0.3, 0.4) is 0 Å². The molecule has 25 rings (SSSR count). The average molecular weight is 1720 g/mol. The van der Waals surface area contributed by atoms with Crippen molar-refractivity contribution in [3.8, 4) is 0 Å². The molecule has 0 N–H and O–H groups in total. The van der Waals surface area contributed by atoms with Crippen LogP contribution in [0.2, 0.25) is 0 Å². The van der Waals surface area contributed by atoms with Crippen molar-refractivity contribution in [3.63, 3.8) is 0 Å². The lowest BCUT2D eigenvalue weighted by molar-refractivity contribution is 0.00578. The van der Waals surface area contributed by atoms with Crippen LogP contribution in [-0.4, -0.2) is 91.6 Å². The lowest BCUT2D eigenvalue weighted by atomic mass is 9.73. The van der Waals surface area contributed by atoms with Crippen molar-refractivity contribution < 1.29 is 68.6 Å². The van der Waals surface area contributed by atoms with Gasteiger partial charge in [0.05, 0.1) is 56.0 Å². The zero-order valence-electron chi connectivity index (χ0n) is 77.5. The molecule has 5 saturated heterocycles. The molecule has 5 fully saturated rings. The first-order valence-electron chi connectivity index (χ1n) is 45.3. The smallest absolute Gasteiger partial charge is 0.456 e. The van der Waals surface area contributed by atoms with E-state index in [-0.39, 0.29) is 66.2 Å². The van der Waals surface area contributed by atoms with Crippen molar-refractivity contribution in [2.45, 2.75) is 194 Å². The van der Waals surface area contributed by atoms with Gasteiger partial charge in [0.25, 0.3) is 0 Å². The summed E-state index contributed by atoms with van der Waals surface area (Å²) in [6.45, 7) is 41.5. The molecule has 650 valence electrons. The van der Waals surface area contributed by atoms with E-state index in [2.05, 4.69) is 314 Å². The SMILES string of the molecule is CC1(C)OB(c2c3ccccc3cc3c2oc2ccccc23)OC1(C)C.CC1(C)OB(c2c3ccccc3cc3oc4ccccc4c23)OC1(C)C.CC1(C)OB(c2ccc3c(c2)oc2cc4ccccc4cc23)OC1(C)C.CC1(C)OB(c2ccc3cc4c(cc3c2)oc2ccccc24)OC1(C)C.CC1(C)OB(c2cccc3cc4c(cc23)oc2ccccc24)OC1(C)C. The summed E-state index contributed by atoms with van der Waals surface area (Å²) in [6.07, 6.45) is 0. The maximum Gasteiger partial charge on any atom is 0.499 e. The molecular formula is C110H105B5O15. The van der Waals surface area contributed by atoms with Gasteiger partial charge in [0.2, 0.25) is 0 Å². The number of hydrogen-bond acceptors (Lipinski definition) is 15. The van der Waals surface area contributed by atoms with Crippen LogP contribution in [0.25, 0.3) is 164 Å². The predicted octanol–water partition coefficient (Wildman–Crippen LogP) is 25.2. The van der Waals surface area contributed by atoms with Crippen LogP contribution in [0.15, 0.2) is 295 Å². The molecule has 0 unspecified atom stereocenters. The largest absolute Gasteiger partial charge is 0.499 e. The Morgan fingerprint density at radius 2 is 0.469 bits per heavy atom. The predicted molar refractivity (Wildman–Crippen MR) is 535 cm³/mol. The lowest BCUT2D eigenvalue weighted by Crippen LogP contribution is -2.41. The Bertz CT molecular complexity index is 7780. The van der Waals surface area contributed by atoms with Gasteiger partial charge >= 0.3 is 35.6 Å². The first-order valence-corrected chi connectivity index (χ1v) is 45.3. The Morgan fingerprint density at radius 1 is 0.169 bits per heavy atom. The third-order valence-corrected chi connectivity index (χ3v) is 29.5. The molecule has 0 amide bonds. The minimum atomic E-state index is -0.464. The van der Waals surface area contributed by atoms with Gasteiger partial charge in [0.15, 0.2) is 0 Å². The van der Waals surface area contributed by atoms with E-state index in [0.29, 0.717) is 0 Å². The zero-order valence-corrected chi connectivity index (χ0v) is 77.5. The van der Waals surface area contributed by atoms with Crippen LogP contribution in [-0.2, 0) is 46.5 Å². The third-order valence-electron chi connectivity index (χ3n) is 29.5. The zero-order chi connectivity index (χ0) is 90.5. The topological polar surface area (TPSA) is 158 Å². The number of benzene rings is 15. The molecular weight excluding hydrogens is 1620 g/mol. The van der Waals surface area contributed by atoms with Crippen LogP contribution in [0.4, 0.5) is 0 Å². The van der Waals surface area contributed by atoms with Gasteiger partial charge in [-0.05, 0) is 288 Å². The molecule has 20 aromatic rings. The Balaban J connectivity index is 0.0000000983. The van der Waals surface area contributed by atoms with Gasteiger partial charge in [-0.1, -0.05) is 194 Å². The molecule has 5 aliphatic rings. The van der Waals surface area contributed by atoms with E-state index in [1.807, 2.05) is 97.1 Å². The molecule has 0 radical (unpaired) electrons. The van der Waals surface area contributed by atoms with Crippen molar-refractivity contribution in [3.05, 3.63) is 273 Å². The van der Waals surface area contributed by atoms with Crippen molar-refractivity contribution in [1.82, 2.24) is 0 Å². The summed E-state index contributed by atoms with van der Waals surface area (Å²) in [7, 11) is -2.01. The van der Waals surface area contributed by atoms with E-state index < -0.39 is 25.4 Å². The minimum Gasteiger partial charge on any atom is -0.456 e. The molecule has 15 nitrogen and oxygen atoms in total. The fourth-order valence-electron chi connectivity index (χ4n) is 18.5. The maximum atomic E-state index is 6.42. The second kappa shape index (κ2) is 30.6. The van der Waals surface area contributed by atoms with Gasteiger partial charge in [-0.2, -0.15) is 0 Å². The molecule has 130 heavy (non-hydrogen) atoms. The van der Waals surface area contributed by atoms with Crippen molar-refractivity contribution in [2.24, 2.45) is 0 Å². The minimum absolute atomic E-state index is 0.338. The van der Waals surface area contributed by atoms with Crippen LogP contribution in [0.5, 0.6) is 0 Å². The Hall–Kier alpha value is -11.5. The molecule has 0 bridgehead atoms. The van der Waals surface area contributed by atoms with Gasteiger partial charge < -0.3 is 68.6 Å². The maximum absolute atomic E-state index is 6.42. The van der Waals surface area contributed by atoms with Gasteiger partial charge in [-0.15, -0.1) is 0 Å². The Morgan fingerprint density at radius 3 is 0.985 bits per heavy atom. The molecule has 10 heterocycles.